The number of hydrogen-bond acceptors (Lipinski definition) is 6. The van der Waals surface area contributed by atoms with E-state index in [0.29, 0.717) is 26.2 Å². The molecule has 1 saturated heterocycles. The molecule has 24 heavy (non-hydrogen) atoms. The van der Waals surface area contributed by atoms with Crippen molar-refractivity contribution in [1.29, 1.82) is 0 Å². The number of carbonyl (C=O) groups excluding carboxylic acids is 1. The summed E-state index contributed by atoms with van der Waals surface area (Å²) in [5.41, 5.74) is 0. The van der Waals surface area contributed by atoms with Gasteiger partial charge in [-0.05, 0) is 24.3 Å². The number of aromatic nitrogens is 4. The zero-order chi connectivity index (χ0) is 16.4. The van der Waals surface area contributed by atoms with Gasteiger partial charge in [0.25, 0.3) is 5.91 Å². The fourth-order valence-electron chi connectivity index (χ4n) is 2.73. The molecule has 1 amide bonds. The van der Waals surface area contributed by atoms with Gasteiger partial charge in [0, 0.05) is 44.6 Å². The first-order valence-electron chi connectivity index (χ1n) is 7.73. The van der Waals surface area contributed by atoms with Gasteiger partial charge in [-0.25, -0.2) is 0 Å². The van der Waals surface area contributed by atoms with Crippen molar-refractivity contribution >= 4 is 11.7 Å². The Labute approximate surface area is 138 Å². The molecule has 0 atom stereocenters. The van der Waals surface area contributed by atoms with E-state index in [1.807, 2.05) is 41.2 Å². The van der Waals surface area contributed by atoms with Crippen LogP contribution in [-0.4, -0.2) is 56.9 Å². The Balaban J connectivity index is 1.40. The fraction of sp³-hybridized carbons (Fsp3) is 0.250. The Hall–Kier alpha value is -3.16. The van der Waals surface area contributed by atoms with Crippen molar-refractivity contribution in [2.45, 2.75) is 0 Å². The maximum Gasteiger partial charge on any atom is 0.292 e. The predicted molar refractivity (Wildman–Crippen MR) is 86.0 cm³/mol. The number of amides is 1. The highest BCUT2D eigenvalue weighted by Gasteiger charge is 2.24. The molecule has 0 bridgehead atoms. The van der Waals surface area contributed by atoms with Gasteiger partial charge in [-0.15, -0.1) is 10.2 Å². The predicted octanol–water partition coefficient (Wildman–Crippen LogP) is 1.22. The summed E-state index contributed by atoms with van der Waals surface area (Å²) < 4.78 is 6.84. The number of rotatable bonds is 3. The van der Waals surface area contributed by atoms with Crippen LogP contribution < -0.4 is 4.90 Å². The van der Waals surface area contributed by atoms with Gasteiger partial charge < -0.3 is 18.9 Å². The molecule has 1 fully saturated rings. The van der Waals surface area contributed by atoms with E-state index in [-0.39, 0.29) is 11.7 Å². The summed E-state index contributed by atoms with van der Waals surface area (Å²) in [6, 6.07) is 9.37. The summed E-state index contributed by atoms with van der Waals surface area (Å²) in [5.74, 6) is 1.75. The summed E-state index contributed by atoms with van der Waals surface area (Å²) >= 11 is 0. The van der Waals surface area contributed by atoms with Crippen LogP contribution in [0, 0.1) is 0 Å². The van der Waals surface area contributed by atoms with E-state index in [1.165, 1.54) is 6.20 Å². The number of hydrogen-bond donors (Lipinski definition) is 0. The molecule has 1 aliphatic rings. The van der Waals surface area contributed by atoms with Gasteiger partial charge in [0.05, 0.1) is 6.20 Å². The van der Waals surface area contributed by atoms with E-state index in [0.717, 1.165) is 11.6 Å². The lowest BCUT2D eigenvalue weighted by atomic mass is 10.3. The minimum Gasteiger partial charge on any atom is -0.352 e. The van der Waals surface area contributed by atoms with Crippen LogP contribution in [0.1, 0.15) is 10.6 Å². The molecule has 1 aliphatic heterocycles. The largest absolute Gasteiger partial charge is 0.352 e. The van der Waals surface area contributed by atoms with Crippen LogP contribution in [0.3, 0.4) is 0 Å². The van der Waals surface area contributed by atoms with Crippen molar-refractivity contribution in [1.82, 2.24) is 24.8 Å². The molecule has 0 unspecified atom stereocenters. The smallest absolute Gasteiger partial charge is 0.292 e. The summed E-state index contributed by atoms with van der Waals surface area (Å²) in [6.45, 7) is 2.63. The van der Waals surface area contributed by atoms with Gasteiger partial charge >= 0.3 is 0 Å². The number of nitrogens with zero attached hydrogens (tertiary/aromatic N) is 6. The fourth-order valence-corrected chi connectivity index (χ4v) is 2.73. The van der Waals surface area contributed by atoms with Gasteiger partial charge in [0.15, 0.2) is 11.6 Å². The van der Waals surface area contributed by atoms with E-state index in [1.54, 1.807) is 11.0 Å². The maximum absolute atomic E-state index is 12.2. The number of carbonyl (C=O) groups is 1. The molecular formula is C16H16N6O2. The topological polar surface area (TPSA) is 80.3 Å². The second-order valence-corrected chi connectivity index (χ2v) is 5.50. The lowest BCUT2D eigenvalue weighted by molar-refractivity contribution is 0.0704. The summed E-state index contributed by atoms with van der Waals surface area (Å²) in [7, 11) is 0. The molecule has 0 N–H and O–H groups in total. The standard InChI is InChI=1S/C16H16N6O2/c23-16(13-5-6-17-24-13)22-11-9-21(10-12-22)15-4-3-14(18-19-15)20-7-1-2-8-20/h1-8H,9-12H2. The Bertz CT molecular complexity index is 790. The van der Waals surface area contributed by atoms with Gasteiger partial charge in [-0.2, -0.15) is 0 Å². The molecule has 8 nitrogen and oxygen atoms in total. The molecule has 8 heteroatoms. The Kier molecular flexibility index (Phi) is 3.70. The summed E-state index contributed by atoms with van der Waals surface area (Å²) in [6.07, 6.45) is 5.33. The minimum atomic E-state index is -0.124. The summed E-state index contributed by atoms with van der Waals surface area (Å²) in [4.78, 5) is 16.1. The van der Waals surface area contributed by atoms with Crippen molar-refractivity contribution in [3.8, 4) is 5.82 Å². The van der Waals surface area contributed by atoms with Gasteiger partial charge in [0.1, 0.15) is 0 Å². The van der Waals surface area contributed by atoms with Crippen molar-refractivity contribution in [3.63, 3.8) is 0 Å². The minimum absolute atomic E-state index is 0.124. The van der Waals surface area contributed by atoms with E-state index in [2.05, 4.69) is 20.3 Å². The van der Waals surface area contributed by atoms with Gasteiger partial charge in [-0.1, -0.05) is 5.16 Å². The average molecular weight is 324 g/mol. The SMILES string of the molecule is O=C(c1ccno1)N1CCN(c2ccc(-n3cccc3)nn2)CC1. The maximum atomic E-state index is 12.2. The van der Waals surface area contributed by atoms with E-state index < -0.39 is 0 Å². The highest BCUT2D eigenvalue weighted by Crippen LogP contribution is 2.15. The third-order valence-electron chi connectivity index (χ3n) is 4.04. The number of anilines is 1. The average Bonchev–Trinajstić information content (AvgIpc) is 3.35. The van der Waals surface area contributed by atoms with Crippen LogP contribution in [0.25, 0.3) is 5.82 Å². The molecule has 3 aromatic rings. The quantitative estimate of drug-likeness (QED) is 0.720. The van der Waals surface area contributed by atoms with Crippen molar-refractivity contribution in [2.75, 3.05) is 31.1 Å². The van der Waals surface area contributed by atoms with Crippen LogP contribution in [0.5, 0.6) is 0 Å². The highest BCUT2D eigenvalue weighted by atomic mass is 16.5. The van der Waals surface area contributed by atoms with Crippen LogP contribution in [0.4, 0.5) is 5.82 Å². The van der Waals surface area contributed by atoms with Crippen molar-refractivity contribution in [2.24, 2.45) is 0 Å². The van der Waals surface area contributed by atoms with Crippen molar-refractivity contribution < 1.29 is 9.32 Å². The van der Waals surface area contributed by atoms with Crippen LogP contribution >= 0.6 is 0 Å². The Morgan fingerprint density at radius 3 is 2.29 bits per heavy atom. The lowest BCUT2D eigenvalue weighted by Crippen LogP contribution is -2.49. The molecule has 0 aromatic carbocycles. The third-order valence-corrected chi connectivity index (χ3v) is 4.04. The Morgan fingerprint density at radius 2 is 1.67 bits per heavy atom. The van der Waals surface area contributed by atoms with Crippen LogP contribution in [0.2, 0.25) is 0 Å². The van der Waals surface area contributed by atoms with Gasteiger partial charge in [0.2, 0.25) is 5.76 Å². The molecule has 0 radical (unpaired) electrons. The molecule has 122 valence electrons. The van der Waals surface area contributed by atoms with Crippen molar-refractivity contribution in [3.05, 3.63) is 54.7 Å². The first-order valence-corrected chi connectivity index (χ1v) is 7.73. The molecule has 4 heterocycles. The van der Waals surface area contributed by atoms with Crippen LogP contribution in [0.15, 0.2) is 53.4 Å². The zero-order valence-corrected chi connectivity index (χ0v) is 12.9. The molecular weight excluding hydrogens is 308 g/mol. The molecule has 0 saturated carbocycles. The second-order valence-electron chi connectivity index (χ2n) is 5.50. The summed E-state index contributed by atoms with van der Waals surface area (Å²) in [5, 5.41) is 12.1. The molecule has 0 spiro atoms. The van der Waals surface area contributed by atoms with E-state index >= 15 is 0 Å². The second kappa shape index (κ2) is 6.15. The Morgan fingerprint density at radius 1 is 0.958 bits per heavy atom. The zero-order valence-electron chi connectivity index (χ0n) is 12.9. The third kappa shape index (κ3) is 2.73. The molecule has 4 rings (SSSR count). The first-order chi connectivity index (χ1) is 11.8. The molecule has 3 aromatic heterocycles. The first kappa shape index (κ1) is 14.4. The van der Waals surface area contributed by atoms with E-state index in [9.17, 15) is 4.79 Å². The highest BCUT2D eigenvalue weighted by molar-refractivity contribution is 5.91. The number of piperazine rings is 1. The monoisotopic (exact) mass is 324 g/mol. The molecule has 0 aliphatic carbocycles. The lowest BCUT2D eigenvalue weighted by Gasteiger charge is -2.34. The normalized spacial score (nSPS) is 14.8. The van der Waals surface area contributed by atoms with Crippen LogP contribution in [-0.2, 0) is 0 Å². The van der Waals surface area contributed by atoms with E-state index in [4.69, 9.17) is 4.52 Å². The van der Waals surface area contributed by atoms with Gasteiger partial charge in [-0.3, -0.25) is 4.79 Å².